The van der Waals surface area contributed by atoms with Gasteiger partial charge in [-0.2, -0.15) is 0 Å². The number of nitrogens with zero attached hydrogens (tertiary/aromatic N) is 1. The van der Waals surface area contributed by atoms with Crippen molar-refractivity contribution in [2.24, 2.45) is 0 Å². The van der Waals surface area contributed by atoms with Gasteiger partial charge in [-0.15, -0.1) is 0 Å². The van der Waals surface area contributed by atoms with Gasteiger partial charge in [0.25, 0.3) is 0 Å². The van der Waals surface area contributed by atoms with E-state index in [1.807, 2.05) is 0 Å². The summed E-state index contributed by atoms with van der Waals surface area (Å²) in [4.78, 5) is 2.98. The first-order valence-electron chi connectivity index (χ1n) is 21.6. The molecular weight excluding hydrogens is 542 g/mol. The van der Waals surface area contributed by atoms with Crippen LogP contribution in [-0.4, -0.2) is 22.5 Å². The third kappa shape index (κ3) is 28.7. The molecule has 0 aliphatic rings. The Hall–Kier alpha value is -0.0400. The van der Waals surface area contributed by atoms with Gasteiger partial charge in [-0.25, -0.2) is 0 Å². The maximum Gasteiger partial charge on any atom is 0.0158 e. The molecule has 0 fully saturated rings. The first-order chi connectivity index (χ1) is 21.8. The Balaban J connectivity index is 4.55. The Kier molecular flexibility index (Phi) is 32.5. The average molecular weight is 634 g/mol. The number of hydrogen-bond acceptors (Lipinski definition) is 1. The topological polar surface area (TPSA) is 3.24 Å². The van der Waals surface area contributed by atoms with Gasteiger partial charge in [0.1, 0.15) is 0 Å². The molecule has 1 heteroatoms. The number of rotatable bonds is 37. The molecule has 45 heavy (non-hydrogen) atoms. The first kappa shape index (κ1) is 45.0. The van der Waals surface area contributed by atoms with Crippen molar-refractivity contribution in [2.45, 2.75) is 278 Å². The predicted octanol–water partition coefficient (Wildman–Crippen LogP) is 16.2. The largest absolute Gasteiger partial charge is 0.293 e. The van der Waals surface area contributed by atoms with Gasteiger partial charge in [0.05, 0.1) is 0 Å². The van der Waals surface area contributed by atoms with E-state index in [9.17, 15) is 0 Å². The molecule has 0 aromatic heterocycles. The monoisotopic (exact) mass is 634 g/mol. The molecule has 0 saturated heterocycles. The highest BCUT2D eigenvalue weighted by atomic mass is 15.2. The molecule has 272 valence electrons. The summed E-state index contributed by atoms with van der Waals surface area (Å²) < 4.78 is 0. The molecule has 1 nitrogen and oxygen atoms in total. The van der Waals surface area contributed by atoms with Crippen molar-refractivity contribution >= 4 is 0 Å². The van der Waals surface area contributed by atoms with Gasteiger partial charge < -0.3 is 0 Å². The van der Waals surface area contributed by atoms with E-state index >= 15 is 0 Å². The summed E-state index contributed by atoms with van der Waals surface area (Å²) in [5.74, 6) is 0. The van der Waals surface area contributed by atoms with Gasteiger partial charge >= 0.3 is 0 Å². The molecule has 0 aromatic carbocycles. The summed E-state index contributed by atoms with van der Waals surface area (Å²) in [5.41, 5.74) is 0.611. The van der Waals surface area contributed by atoms with Crippen LogP contribution in [0.2, 0.25) is 0 Å². The molecule has 0 bridgehead atoms. The second-order valence-corrected chi connectivity index (χ2v) is 16.5. The van der Waals surface area contributed by atoms with E-state index in [1.54, 1.807) is 0 Å². The van der Waals surface area contributed by atoms with E-state index in [0.29, 0.717) is 11.1 Å². The number of unbranched alkanes of at least 4 members (excludes halogenated alkanes) is 29. The fourth-order valence-electron chi connectivity index (χ4n) is 7.90. The van der Waals surface area contributed by atoms with Crippen molar-refractivity contribution in [3.63, 3.8) is 0 Å². The van der Waals surface area contributed by atoms with E-state index < -0.39 is 0 Å². The second kappa shape index (κ2) is 32.5. The maximum absolute atomic E-state index is 2.98. The number of hydrogen-bond donors (Lipinski definition) is 0. The van der Waals surface area contributed by atoms with Crippen LogP contribution in [0.25, 0.3) is 0 Å². The maximum atomic E-state index is 2.98. The minimum atomic E-state index is 0.305. The summed E-state index contributed by atoms with van der Waals surface area (Å²) in [6.45, 7) is 18.6. The standard InChI is InChI=1S/C44H91N/c1-8-11-14-17-20-23-26-28-31-34-37-40-43(4,5)45(42-39-36-33-30-25-22-19-16-13-10-3)44(6,7)41-38-35-32-29-27-24-21-18-15-12-9-2/h8-42H2,1-7H3. The Morgan fingerprint density at radius 2 is 0.467 bits per heavy atom. The molecule has 0 heterocycles. The van der Waals surface area contributed by atoms with Crippen LogP contribution in [0, 0.1) is 0 Å². The van der Waals surface area contributed by atoms with Gasteiger partial charge in [-0.1, -0.05) is 220 Å². The fourth-order valence-corrected chi connectivity index (χ4v) is 7.90. The van der Waals surface area contributed by atoms with Crippen LogP contribution < -0.4 is 0 Å². The predicted molar refractivity (Wildman–Crippen MR) is 209 cm³/mol. The van der Waals surface area contributed by atoms with Crippen LogP contribution in [-0.2, 0) is 0 Å². The first-order valence-corrected chi connectivity index (χ1v) is 21.6. The highest BCUT2D eigenvalue weighted by Gasteiger charge is 2.36. The molecule has 0 amide bonds. The molecule has 0 saturated carbocycles. The van der Waals surface area contributed by atoms with Gasteiger partial charge in [0.2, 0.25) is 0 Å². The molecular formula is C44H91N. The minimum absolute atomic E-state index is 0.305. The summed E-state index contributed by atoms with van der Waals surface area (Å²) in [6, 6.07) is 0. The Morgan fingerprint density at radius 3 is 0.711 bits per heavy atom. The lowest BCUT2D eigenvalue weighted by molar-refractivity contribution is 0.00151. The molecule has 0 aliphatic heterocycles. The highest BCUT2D eigenvalue weighted by molar-refractivity contribution is 4.92. The second-order valence-electron chi connectivity index (χ2n) is 16.5. The quantitative estimate of drug-likeness (QED) is 0.0615. The highest BCUT2D eigenvalue weighted by Crippen LogP contribution is 2.34. The van der Waals surface area contributed by atoms with Gasteiger partial charge in [0, 0.05) is 11.1 Å². The van der Waals surface area contributed by atoms with Crippen molar-refractivity contribution in [1.82, 2.24) is 4.90 Å². The molecule has 0 aromatic rings. The van der Waals surface area contributed by atoms with Gasteiger partial charge in [-0.05, 0) is 53.5 Å². The Morgan fingerprint density at radius 1 is 0.267 bits per heavy atom. The SMILES string of the molecule is CCCCCCCCCCCCCC(C)(C)N(CCCCCCCCCCCC)C(C)(C)CCCCCCCCCCCCC. The van der Waals surface area contributed by atoms with E-state index in [4.69, 9.17) is 0 Å². The summed E-state index contributed by atoms with van der Waals surface area (Å²) >= 11 is 0. The average Bonchev–Trinajstić information content (AvgIpc) is 3.01. The third-order valence-electron chi connectivity index (χ3n) is 11.0. The van der Waals surface area contributed by atoms with Crippen molar-refractivity contribution in [3.8, 4) is 0 Å². The van der Waals surface area contributed by atoms with Crippen molar-refractivity contribution in [1.29, 1.82) is 0 Å². The van der Waals surface area contributed by atoms with Crippen LogP contribution in [0.5, 0.6) is 0 Å². The lowest BCUT2D eigenvalue weighted by Gasteiger charge is -2.49. The smallest absolute Gasteiger partial charge is 0.0158 e. The van der Waals surface area contributed by atoms with Crippen LogP contribution >= 0.6 is 0 Å². The summed E-state index contributed by atoms with van der Waals surface area (Å²) in [5, 5.41) is 0. The molecule has 0 spiro atoms. The molecule has 0 unspecified atom stereocenters. The zero-order valence-corrected chi connectivity index (χ0v) is 33.2. The van der Waals surface area contributed by atoms with E-state index in [-0.39, 0.29) is 0 Å². The molecule has 0 rings (SSSR count). The summed E-state index contributed by atoms with van der Waals surface area (Å²) in [6.07, 6.45) is 48.8. The molecule has 0 radical (unpaired) electrons. The lowest BCUT2D eigenvalue weighted by atomic mass is 9.85. The van der Waals surface area contributed by atoms with Crippen molar-refractivity contribution < 1.29 is 0 Å². The molecule has 0 aliphatic carbocycles. The summed E-state index contributed by atoms with van der Waals surface area (Å²) in [7, 11) is 0. The molecule has 0 atom stereocenters. The van der Waals surface area contributed by atoms with E-state index in [0.717, 1.165) is 0 Å². The van der Waals surface area contributed by atoms with E-state index in [2.05, 4.69) is 53.4 Å². The minimum Gasteiger partial charge on any atom is -0.293 e. The Labute approximate surface area is 288 Å². The van der Waals surface area contributed by atoms with Crippen LogP contribution in [0.3, 0.4) is 0 Å². The van der Waals surface area contributed by atoms with Crippen LogP contribution in [0.1, 0.15) is 267 Å². The fraction of sp³-hybridized carbons (Fsp3) is 1.00. The zero-order chi connectivity index (χ0) is 33.3. The van der Waals surface area contributed by atoms with E-state index in [1.165, 1.54) is 225 Å². The van der Waals surface area contributed by atoms with Gasteiger partial charge in [0.15, 0.2) is 0 Å². The Bertz CT molecular complexity index is 525. The van der Waals surface area contributed by atoms with Crippen LogP contribution in [0.4, 0.5) is 0 Å². The van der Waals surface area contributed by atoms with Crippen molar-refractivity contribution in [2.75, 3.05) is 6.54 Å². The third-order valence-corrected chi connectivity index (χ3v) is 11.0. The van der Waals surface area contributed by atoms with Crippen LogP contribution in [0.15, 0.2) is 0 Å². The normalized spacial score (nSPS) is 12.5. The zero-order valence-electron chi connectivity index (χ0n) is 33.2. The van der Waals surface area contributed by atoms with Gasteiger partial charge in [-0.3, -0.25) is 4.90 Å². The lowest BCUT2D eigenvalue weighted by Crippen LogP contribution is -2.55. The van der Waals surface area contributed by atoms with Crippen molar-refractivity contribution in [3.05, 3.63) is 0 Å². The molecule has 0 N–H and O–H groups in total.